The first-order valence-electron chi connectivity index (χ1n) is 5.63. The topological polar surface area (TPSA) is 76.0 Å². The summed E-state index contributed by atoms with van der Waals surface area (Å²) in [4.78, 5) is 38.9. The first-order chi connectivity index (χ1) is 8.81. The van der Waals surface area contributed by atoms with E-state index in [-0.39, 0.29) is 24.3 Å². The molecule has 6 heteroatoms. The number of nitrogens with zero attached hydrogens (tertiary/aromatic N) is 2. The van der Waals surface area contributed by atoms with E-state index >= 15 is 0 Å². The van der Waals surface area contributed by atoms with Crippen molar-refractivity contribution in [2.45, 2.75) is 20.8 Å². The van der Waals surface area contributed by atoms with Crippen molar-refractivity contribution in [3.8, 4) is 0 Å². The molecule has 0 saturated heterocycles. The molecule has 0 aliphatic heterocycles. The number of hydrogen-bond acceptors (Lipinski definition) is 4. The molecule has 0 spiro atoms. The van der Waals surface area contributed by atoms with Gasteiger partial charge in [-0.15, -0.1) is 0 Å². The molecule has 104 valence electrons. The van der Waals surface area contributed by atoms with Crippen molar-refractivity contribution in [2.75, 3.05) is 13.2 Å². The zero-order valence-electron chi connectivity index (χ0n) is 11.4. The Morgan fingerprint density at radius 3 is 2.21 bits per heavy atom. The summed E-state index contributed by atoms with van der Waals surface area (Å²) in [5, 5.41) is 0. The maximum Gasteiger partial charge on any atom is 0.350 e. The van der Waals surface area contributed by atoms with Crippen molar-refractivity contribution in [3.63, 3.8) is 0 Å². The molecule has 0 aromatic heterocycles. The molecule has 6 nitrogen and oxygen atoms in total. The summed E-state index contributed by atoms with van der Waals surface area (Å²) in [7, 11) is 0. The number of carbonyl (C=O) groups excluding carboxylic acids is 3. The molecule has 0 aromatic carbocycles. The molecule has 0 aliphatic rings. The molecular formula is C13H18N2O4. The molecule has 0 atom stereocenters. The lowest BCUT2D eigenvalue weighted by Gasteiger charge is -2.18. The maximum atomic E-state index is 11.7. The van der Waals surface area contributed by atoms with E-state index < -0.39 is 17.9 Å². The van der Waals surface area contributed by atoms with Gasteiger partial charge in [0.25, 0.3) is 5.91 Å². The highest BCUT2D eigenvalue weighted by Gasteiger charge is 2.21. The number of aliphatic imine (C=N–C) groups is 1. The predicted octanol–water partition coefficient (Wildman–Crippen LogP) is 1.72. The van der Waals surface area contributed by atoms with Crippen molar-refractivity contribution in [2.24, 2.45) is 4.99 Å². The largest absolute Gasteiger partial charge is 0.460 e. The van der Waals surface area contributed by atoms with Gasteiger partial charge in [0.05, 0.1) is 6.54 Å². The summed E-state index contributed by atoms with van der Waals surface area (Å²) in [6.45, 7) is 11.2. The Labute approximate surface area is 112 Å². The Balaban J connectivity index is 4.65. The van der Waals surface area contributed by atoms with Crippen molar-refractivity contribution in [1.82, 2.24) is 4.90 Å². The number of imide groups is 1. The lowest BCUT2D eigenvalue weighted by molar-refractivity contribution is -0.140. The Morgan fingerprint density at radius 2 is 1.79 bits per heavy atom. The van der Waals surface area contributed by atoms with E-state index in [0.29, 0.717) is 0 Å². The standard InChI is InChI=1S/C13H18N2O4/c1-6-14-13(18)15(11(16)9(2)3)7-8-19-12(17)10(4)5/h6H,2,4,7-8H2,1,3,5H3. The van der Waals surface area contributed by atoms with E-state index in [1.165, 1.54) is 20.1 Å². The summed E-state index contributed by atoms with van der Waals surface area (Å²) in [6.07, 6.45) is 1.28. The Bertz CT molecular complexity index is 438. The van der Waals surface area contributed by atoms with Crippen LogP contribution in [0.5, 0.6) is 0 Å². The molecular weight excluding hydrogens is 248 g/mol. The number of esters is 1. The average molecular weight is 266 g/mol. The summed E-state index contributed by atoms with van der Waals surface area (Å²) >= 11 is 0. The average Bonchev–Trinajstić information content (AvgIpc) is 2.33. The van der Waals surface area contributed by atoms with Gasteiger partial charge in [0.2, 0.25) is 0 Å². The minimum atomic E-state index is -0.720. The summed E-state index contributed by atoms with van der Waals surface area (Å²) < 4.78 is 4.83. The SMILES string of the molecule is C=C(C)C(=O)OCCN(C(=O)N=CC)C(=O)C(=C)C. The number of urea groups is 1. The van der Waals surface area contributed by atoms with E-state index in [1.54, 1.807) is 6.92 Å². The first-order valence-corrected chi connectivity index (χ1v) is 5.63. The Kier molecular flexibility index (Phi) is 7.03. The van der Waals surface area contributed by atoms with Gasteiger partial charge in [0.1, 0.15) is 6.61 Å². The quantitative estimate of drug-likeness (QED) is 0.431. The number of hydrogen-bond donors (Lipinski definition) is 0. The van der Waals surface area contributed by atoms with Gasteiger partial charge in [0, 0.05) is 17.4 Å². The Morgan fingerprint density at radius 1 is 1.21 bits per heavy atom. The molecule has 0 heterocycles. The molecule has 0 unspecified atom stereocenters. The fourth-order valence-electron chi connectivity index (χ4n) is 1.05. The van der Waals surface area contributed by atoms with Crippen LogP contribution in [0, 0.1) is 0 Å². The fraction of sp³-hybridized carbons (Fsp3) is 0.385. The van der Waals surface area contributed by atoms with Crippen molar-refractivity contribution in [3.05, 3.63) is 24.3 Å². The van der Waals surface area contributed by atoms with Gasteiger partial charge in [-0.25, -0.2) is 14.6 Å². The summed E-state index contributed by atoms with van der Waals surface area (Å²) in [5.41, 5.74) is 0.446. The second-order valence-corrected chi connectivity index (χ2v) is 3.82. The first kappa shape index (κ1) is 16.8. The monoisotopic (exact) mass is 266 g/mol. The molecule has 3 amide bonds. The van der Waals surface area contributed by atoms with Gasteiger partial charge in [-0.05, 0) is 20.8 Å². The van der Waals surface area contributed by atoms with E-state index in [2.05, 4.69) is 18.2 Å². The number of carbonyl (C=O) groups is 3. The van der Waals surface area contributed by atoms with Crippen LogP contribution in [0.1, 0.15) is 20.8 Å². The highest BCUT2D eigenvalue weighted by atomic mass is 16.5. The second-order valence-electron chi connectivity index (χ2n) is 3.82. The van der Waals surface area contributed by atoms with Crippen LogP contribution in [0.2, 0.25) is 0 Å². The molecule has 0 aromatic rings. The second kappa shape index (κ2) is 7.97. The van der Waals surface area contributed by atoms with E-state index in [1.807, 2.05) is 0 Å². The molecule has 0 bridgehead atoms. The van der Waals surface area contributed by atoms with Crippen LogP contribution >= 0.6 is 0 Å². The van der Waals surface area contributed by atoms with Crippen molar-refractivity contribution >= 4 is 24.1 Å². The van der Waals surface area contributed by atoms with Gasteiger partial charge in [0.15, 0.2) is 0 Å². The maximum absolute atomic E-state index is 11.7. The molecule has 19 heavy (non-hydrogen) atoms. The zero-order chi connectivity index (χ0) is 15.0. The third-order valence-corrected chi connectivity index (χ3v) is 1.98. The predicted molar refractivity (Wildman–Crippen MR) is 71.9 cm³/mol. The fourth-order valence-corrected chi connectivity index (χ4v) is 1.05. The van der Waals surface area contributed by atoms with Crippen LogP contribution in [0.25, 0.3) is 0 Å². The van der Waals surface area contributed by atoms with Crippen LogP contribution in [0.15, 0.2) is 29.3 Å². The molecule has 0 fully saturated rings. The highest BCUT2D eigenvalue weighted by molar-refractivity contribution is 6.04. The number of ether oxygens (including phenoxy) is 1. The van der Waals surface area contributed by atoms with Gasteiger partial charge in [-0.2, -0.15) is 0 Å². The van der Waals surface area contributed by atoms with Crippen molar-refractivity contribution < 1.29 is 19.1 Å². The number of rotatable bonds is 5. The molecule has 0 N–H and O–H groups in total. The Hall–Kier alpha value is -2.24. The molecule has 0 saturated carbocycles. The van der Waals surface area contributed by atoms with E-state index in [0.717, 1.165) is 4.90 Å². The third-order valence-electron chi connectivity index (χ3n) is 1.98. The van der Waals surface area contributed by atoms with Crippen LogP contribution < -0.4 is 0 Å². The summed E-state index contributed by atoms with van der Waals surface area (Å²) in [6, 6.07) is -0.720. The smallest absolute Gasteiger partial charge is 0.350 e. The van der Waals surface area contributed by atoms with Crippen LogP contribution in [0.3, 0.4) is 0 Å². The zero-order valence-corrected chi connectivity index (χ0v) is 11.4. The van der Waals surface area contributed by atoms with Gasteiger partial charge < -0.3 is 4.74 Å². The molecule has 0 radical (unpaired) electrons. The van der Waals surface area contributed by atoms with Crippen LogP contribution in [-0.2, 0) is 14.3 Å². The summed E-state index contributed by atoms with van der Waals surface area (Å²) in [5.74, 6) is -1.13. The minimum absolute atomic E-state index is 0.0825. The van der Waals surface area contributed by atoms with E-state index in [4.69, 9.17) is 4.74 Å². The lowest BCUT2D eigenvalue weighted by Crippen LogP contribution is -2.38. The third kappa shape index (κ3) is 5.76. The molecule has 0 rings (SSSR count). The molecule has 0 aliphatic carbocycles. The van der Waals surface area contributed by atoms with Crippen molar-refractivity contribution in [1.29, 1.82) is 0 Å². The number of amides is 3. The lowest BCUT2D eigenvalue weighted by atomic mass is 10.3. The van der Waals surface area contributed by atoms with E-state index in [9.17, 15) is 14.4 Å². The van der Waals surface area contributed by atoms with Crippen LogP contribution in [0.4, 0.5) is 4.79 Å². The highest BCUT2D eigenvalue weighted by Crippen LogP contribution is 2.02. The van der Waals surface area contributed by atoms with Gasteiger partial charge in [-0.1, -0.05) is 13.2 Å². The van der Waals surface area contributed by atoms with Crippen LogP contribution in [-0.4, -0.2) is 42.2 Å². The normalized spacial score (nSPS) is 10.1. The van der Waals surface area contributed by atoms with Gasteiger partial charge >= 0.3 is 12.0 Å². The van der Waals surface area contributed by atoms with Gasteiger partial charge in [-0.3, -0.25) is 9.69 Å². The minimum Gasteiger partial charge on any atom is -0.460 e.